The maximum absolute atomic E-state index is 13.8. The molecule has 0 atom stereocenters. The van der Waals surface area contributed by atoms with Gasteiger partial charge in [-0.15, -0.1) is 0 Å². The van der Waals surface area contributed by atoms with Gasteiger partial charge in [0.05, 0.1) is 10.9 Å². The highest BCUT2D eigenvalue weighted by atomic mass is 19.1. The molecule has 0 aliphatic rings. The van der Waals surface area contributed by atoms with E-state index in [1.807, 2.05) is 6.92 Å². The Morgan fingerprint density at radius 1 is 1.37 bits per heavy atom. The van der Waals surface area contributed by atoms with Crippen molar-refractivity contribution >= 4 is 16.9 Å². The summed E-state index contributed by atoms with van der Waals surface area (Å²) in [6.45, 7) is 2.16. The summed E-state index contributed by atoms with van der Waals surface area (Å²) in [7, 11) is 0. The third-order valence-corrected chi connectivity index (χ3v) is 2.78. The molecular weight excluding hydrogens is 256 g/mol. The molecule has 0 unspecified atom stereocenters. The van der Waals surface area contributed by atoms with Crippen LogP contribution in [-0.4, -0.2) is 15.6 Å². The van der Waals surface area contributed by atoms with Crippen molar-refractivity contribution in [2.45, 2.75) is 19.9 Å². The van der Waals surface area contributed by atoms with Crippen molar-refractivity contribution in [3.8, 4) is 0 Å². The number of aromatic carboxylic acids is 1. The maximum atomic E-state index is 13.8. The van der Waals surface area contributed by atoms with E-state index in [2.05, 4.69) is 0 Å². The van der Waals surface area contributed by atoms with Crippen molar-refractivity contribution in [2.75, 3.05) is 0 Å². The fourth-order valence-corrected chi connectivity index (χ4v) is 2.02. The number of hydrogen-bond donors (Lipinski definition) is 1. The van der Waals surface area contributed by atoms with Gasteiger partial charge in [0.15, 0.2) is 5.82 Å². The highest BCUT2D eigenvalue weighted by Gasteiger charge is 2.17. The van der Waals surface area contributed by atoms with Gasteiger partial charge < -0.3 is 9.67 Å². The molecule has 6 heteroatoms. The Morgan fingerprint density at radius 2 is 2.05 bits per heavy atom. The van der Waals surface area contributed by atoms with Crippen molar-refractivity contribution in [1.29, 1.82) is 0 Å². The lowest BCUT2D eigenvalue weighted by molar-refractivity contribution is 0.0694. The molecule has 1 aromatic heterocycles. The summed E-state index contributed by atoms with van der Waals surface area (Å²) in [6.07, 6.45) is 1.71. The van der Waals surface area contributed by atoms with Crippen molar-refractivity contribution in [3.63, 3.8) is 0 Å². The summed E-state index contributed by atoms with van der Waals surface area (Å²) < 4.78 is 28.3. The van der Waals surface area contributed by atoms with Crippen LogP contribution in [0.15, 0.2) is 23.1 Å². The van der Waals surface area contributed by atoms with Crippen LogP contribution < -0.4 is 5.43 Å². The van der Waals surface area contributed by atoms with Gasteiger partial charge in [0.25, 0.3) is 0 Å². The molecule has 0 radical (unpaired) electrons. The Hall–Kier alpha value is -2.24. The molecule has 2 rings (SSSR count). The molecule has 0 saturated carbocycles. The summed E-state index contributed by atoms with van der Waals surface area (Å²) in [4.78, 5) is 22.9. The molecule has 1 N–H and O–H groups in total. The first-order chi connectivity index (χ1) is 8.95. The standard InChI is InChI=1S/C13H11F2NO3/c1-2-3-16-6-9(13(18)19)12(17)8-4-7(14)5-10(15)11(8)16/h4-6H,2-3H2,1H3,(H,18,19). The summed E-state index contributed by atoms with van der Waals surface area (Å²) in [5, 5.41) is 8.70. The normalized spacial score (nSPS) is 10.9. The zero-order chi connectivity index (χ0) is 14.2. The van der Waals surface area contributed by atoms with Gasteiger partial charge in [-0.05, 0) is 12.5 Å². The number of carboxylic acid groups (broad SMARTS) is 1. The van der Waals surface area contributed by atoms with Crippen LogP contribution in [0.1, 0.15) is 23.7 Å². The van der Waals surface area contributed by atoms with Crippen LogP contribution in [0.2, 0.25) is 0 Å². The molecule has 0 fully saturated rings. The molecule has 4 nitrogen and oxygen atoms in total. The lowest BCUT2D eigenvalue weighted by atomic mass is 10.1. The van der Waals surface area contributed by atoms with Gasteiger partial charge in [0.2, 0.25) is 5.43 Å². The SMILES string of the molecule is CCCn1cc(C(=O)O)c(=O)c2cc(F)cc(F)c21. The van der Waals surface area contributed by atoms with E-state index >= 15 is 0 Å². The molecule has 0 aliphatic heterocycles. The van der Waals surface area contributed by atoms with Crippen molar-refractivity contribution in [2.24, 2.45) is 0 Å². The predicted octanol–water partition coefficient (Wildman–Crippen LogP) is 2.39. The van der Waals surface area contributed by atoms with E-state index in [-0.39, 0.29) is 10.9 Å². The van der Waals surface area contributed by atoms with Crippen molar-refractivity contribution < 1.29 is 18.7 Å². The van der Waals surface area contributed by atoms with E-state index in [1.54, 1.807) is 0 Å². The second kappa shape index (κ2) is 4.79. The van der Waals surface area contributed by atoms with Crippen molar-refractivity contribution in [1.82, 2.24) is 4.57 Å². The number of benzene rings is 1. The second-order valence-corrected chi connectivity index (χ2v) is 4.15. The quantitative estimate of drug-likeness (QED) is 0.928. The molecule has 0 spiro atoms. The largest absolute Gasteiger partial charge is 0.477 e. The average Bonchev–Trinajstić information content (AvgIpc) is 2.32. The zero-order valence-corrected chi connectivity index (χ0v) is 10.1. The Morgan fingerprint density at radius 3 is 2.63 bits per heavy atom. The van der Waals surface area contributed by atoms with E-state index in [4.69, 9.17) is 5.11 Å². The van der Waals surface area contributed by atoms with Gasteiger partial charge in [0, 0.05) is 18.8 Å². The van der Waals surface area contributed by atoms with Gasteiger partial charge in [-0.1, -0.05) is 6.92 Å². The number of hydrogen-bond acceptors (Lipinski definition) is 2. The lowest BCUT2D eigenvalue weighted by Crippen LogP contribution is -2.19. The third-order valence-electron chi connectivity index (χ3n) is 2.78. The first-order valence-corrected chi connectivity index (χ1v) is 5.71. The molecule has 100 valence electrons. The minimum Gasteiger partial charge on any atom is -0.477 e. The summed E-state index contributed by atoms with van der Waals surface area (Å²) >= 11 is 0. The van der Waals surface area contributed by atoms with Crippen LogP contribution in [-0.2, 0) is 6.54 Å². The van der Waals surface area contributed by atoms with Crippen LogP contribution in [0.3, 0.4) is 0 Å². The molecule has 0 amide bonds. The Kier molecular flexibility index (Phi) is 3.33. The number of halogens is 2. The lowest BCUT2D eigenvalue weighted by Gasteiger charge is -2.12. The predicted molar refractivity (Wildman–Crippen MR) is 65.4 cm³/mol. The van der Waals surface area contributed by atoms with E-state index in [9.17, 15) is 18.4 Å². The molecule has 0 saturated heterocycles. The first-order valence-electron chi connectivity index (χ1n) is 5.71. The maximum Gasteiger partial charge on any atom is 0.341 e. The molecule has 19 heavy (non-hydrogen) atoms. The van der Waals surface area contributed by atoms with Crippen LogP contribution >= 0.6 is 0 Å². The topological polar surface area (TPSA) is 59.3 Å². The molecule has 1 heterocycles. The summed E-state index contributed by atoms with van der Waals surface area (Å²) in [5.74, 6) is -3.20. The molecule has 2 aromatic rings. The van der Waals surface area contributed by atoms with Gasteiger partial charge >= 0.3 is 5.97 Å². The molecule has 1 aromatic carbocycles. The average molecular weight is 267 g/mol. The number of aryl methyl sites for hydroxylation is 1. The number of nitrogens with zero attached hydrogens (tertiary/aromatic N) is 1. The summed E-state index contributed by atoms with van der Waals surface area (Å²) in [6, 6.07) is 1.54. The molecule has 0 aliphatic carbocycles. The highest BCUT2D eigenvalue weighted by molar-refractivity contribution is 5.92. The zero-order valence-electron chi connectivity index (χ0n) is 10.1. The molecular formula is C13H11F2NO3. The van der Waals surface area contributed by atoms with Crippen LogP contribution in [0, 0.1) is 11.6 Å². The van der Waals surface area contributed by atoms with E-state index < -0.39 is 28.6 Å². The number of carboxylic acids is 1. The van der Waals surface area contributed by atoms with E-state index in [1.165, 1.54) is 4.57 Å². The van der Waals surface area contributed by atoms with Crippen LogP contribution in [0.4, 0.5) is 8.78 Å². The Labute approximate surface area is 106 Å². The van der Waals surface area contributed by atoms with Gasteiger partial charge in [0.1, 0.15) is 11.4 Å². The minimum atomic E-state index is -1.42. The summed E-state index contributed by atoms with van der Waals surface area (Å²) in [5.41, 5.74) is -1.45. The van der Waals surface area contributed by atoms with Crippen LogP contribution in [0.5, 0.6) is 0 Å². The number of fused-ring (bicyclic) bond motifs is 1. The number of pyridine rings is 1. The number of aromatic nitrogens is 1. The van der Waals surface area contributed by atoms with Crippen molar-refractivity contribution in [3.05, 3.63) is 45.8 Å². The van der Waals surface area contributed by atoms with Gasteiger partial charge in [-0.2, -0.15) is 0 Å². The minimum absolute atomic E-state index is 0.0711. The second-order valence-electron chi connectivity index (χ2n) is 4.15. The first kappa shape index (κ1) is 13.2. The van der Waals surface area contributed by atoms with Crippen LogP contribution in [0.25, 0.3) is 10.9 Å². The number of carbonyl (C=O) groups is 1. The molecule has 0 bridgehead atoms. The number of rotatable bonds is 3. The fraction of sp³-hybridized carbons (Fsp3) is 0.231. The highest BCUT2D eigenvalue weighted by Crippen LogP contribution is 2.18. The van der Waals surface area contributed by atoms with E-state index in [0.717, 1.165) is 12.3 Å². The van der Waals surface area contributed by atoms with Gasteiger partial charge in [-0.3, -0.25) is 4.79 Å². The fourth-order valence-electron chi connectivity index (χ4n) is 2.02. The Bertz CT molecular complexity index is 722. The Balaban J connectivity index is 2.96. The monoisotopic (exact) mass is 267 g/mol. The van der Waals surface area contributed by atoms with E-state index in [0.29, 0.717) is 19.0 Å². The van der Waals surface area contributed by atoms with Gasteiger partial charge in [-0.25, -0.2) is 13.6 Å². The third kappa shape index (κ3) is 2.21. The smallest absolute Gasteiger partial charge is 0.341 e.